The van der Waals surface area contributed by atoms with Gasteiger partial charge in [-0.2, -0.15) is 0 Å². The number of nitrogens with two attached hydrogens (primary N) is 1. The minimum absolute atomic E-state index is 0.246. The zero-order valence-electron chi connectivity index (χ0n) is 12.2. The van der Waals surface area contributed by atoms with Crippen LogP contribution in [0.4, 0.5) is 0 Å². The highest BCUT2D eigenvalue weighted by Gasteiger charge is 2.40. The summed E-state index contributed by atoms with van der Waals surface area (Å²) in [5.74, 6) is -0.681. The Balaban J connectivity index is 2.19. The Morgan fingerprint density at radius 2 is 1.30 bits per heavy atom. The van der Waals surface area contributed by atoms with Crippen molar-refractivity contribution in [1.29, 1.82) is 0 Å². The molecular formula is C15H27NO3S. The van der Waals surface area contributed by atoms with Crippen molar-refractivity contribution in [2.75, 3.05) is 5.75 Å². The first-order valence-corrected chi connectivity index (χ1v) is 9.72. The molecule has 0 saturated heterocycles. The van der Waals surface area contributed by atoms with Crippen LogP contribution in [0.15, 0.2) is 0 Å². The fourth-order valence-corrected chi connectivity index (χ4v) is 6.50. The van der Waals surface area contributed by atoms with Crippen molar-refractivity contribution in [3.05, 3.63) is 0 Å². The second kappa shape index (κ2) is 6.92. The van der Waals surface area contributed by atoms with Crippen LogP contribution in [0.5, 0.6) is 0 Å². The van der Waals surface area contributed by atoms with E-state index in [2.05, 4.69) is 0 Å². The molecule has 1 amide bonds. The predicted molar refractivity (Wildman–Crippen MR) is 79.9 cm³/mol. The summed E-state index contributed by atoms with van der Waals surface area (Å²) in [5, 5.41) is -0.324. The molecule has 0 unspecified atom stereocenters. The van der Waals surface area contributed by atoms with Crippen molar-refractivity contribution in [3.8, 4) is 0 Å². The molecule has 20 heavy (non-hydrogen) atoms. The van der Waals surface area contributed by atoms with E-state index in [1.54, 1.807) is 0 Å². The van der Waals surface area contributed by atoms with E-state index in [4.69, 9.17) is 5.73 Å². The summed E-state index contributed by atoms with van der Waals surface area (Å²) >= 11 is 0. The van der Waals surface area contributed by atoms with Crippen LogP contribution < -0.4 is 5.73 Å². The van der Waals surface area contributed by atoms with E-state index in [0.29, 0.717) is 0 Å². The number of hydrogen-bond acceptors (Lipinski definition) is 3. The van der Waals surface area contributed by atoms with Crippen molar-refractivity contribution in [2.45, 2.75) is 69.5 Å². The minimum atomic E-state index is -3.40. The lowest BCUT2D eigenvalue weighted by Crippen LogP contribution is -2.42. The molecule has 2 rings (SSSR count). The molecule has 4 nitrogen and oxygen atoms in total. The van der Waals surface area contributed by atoms with Gasteiger partial charge in [0.2, 0.25) is 5.91 Å². The lowest BCUT2D eigenvalue weighted by atomic mass is 9.77. The van der Waals surface area contributed by atoms with E-state index in [1.807, 2.05) is 0 Å². The summed E-state index contributed by atoms with van der Waals surface area (Å²) in [7, 11) is -3.40. The lowest BCUT2D eigenvalue weighted by molar-refractivity contribution is -0.115. The fraction of sp³-hybridized carbons (Fsp3) is 0.933. The molecule has 0 aromatic carbocycles. The van der Waals surface area contributed by atoms with Crippen LogP contribution in [0.25, 0.3) is 0 Å². The van der Waals surface area contributed by atoms with Gasteiger partial charge in [-0.1, -0.05) is 38.5 Å². The first kappa shape index (κ1) is 15.8. The number of amides is 1. The average molecular weight is 301 g/mol. The summed E-state index contributed by atoms with van der Waals surface area (Å²) in [5.41, 5.74) is 5.16. The van der Waals surface area contributed by atoms with Crippen LogP contribution in [0.3, 0.4) is 0 Å². The summed E-state index contributed by atoms with van der Waals surface area (Å²) in [6, 6.07) is 0. The fourth-order valence-electron chi connectivity index (χ4n) is 4.19. The van der Waals surface area contributed by atoms with Gasteiger partial charge >= 0.3 is 0 Å². The molecule has 0 heterocycles. The molecule has 0 atom stereocenters. The summed E-state index contributed by atoms with van der Waals surface area (Å²) in [6.07, 6.45) is 10.9. The van der Waals surface area contributed by atoms with Gasteiger partial charge in [-0.15, -0.1) is 0 Å². The minimum Gasteiger partial charge on any atom is -0.369 e. The summed E-state index contributed by atoms with van der Waals surface area (Å²) < 4.78 is 25.3. The van der Waals surface area contributed by atoms with Gasteiger partial charge < -0.3 is 5.73 Å². The molecular weight excluding hydrogens is 274 g/mol. The van der Waals surface area contributed by atoms with Crippen LogP contribution >= 0.6 is 0 Å². The van der Waals surface area contributed by atoms with Crippen molar-refractivity contribution in [3.63, 3.8) is 0 Å². The first-order chi connectivity index (χ1) is 9.50. The van der Waals surface area contributed by atoms with E-state index in [1.165, 1.54) is 12.8 Å². The van der Waals surface area contributed by atoms with E-state index in [9.17, 15) is 13.2 Å². The number of carbonyl (C=O) groups is 1. The zero-order valence-corrected chi connectivity index (χ0v) is 13.0. The van der Waals surface area contributed by atoms with Crippen LogP contribution in [-0.2, 0) is 14.6 Å². The Morgan fingerprint density at radius 3 is 1.65 bits per heavy atom. The molecule has 0 aliphatic heterocycles. The van der Waals surface area contributed by atoms with Gasteiger partial charge in [0.1, 0.15) is 5.75 Å². The number of rotatable bonds is 5. The monoisotopic (exact) mass is 301 g/mol. The molecule has 2 fully saturated rings. The summed E-state index contributed by atoms with van der Waals surface area (Å²) in [4.78, 5) is 11.1. The zero-order chi connectivity index (χ0) is 14.6. The molecule has 5 heteroatoms. The third-order valence-electron chi connectivity index (χ3n) is 4.99. The Bertz CT molecular complexity index is 402. The number of hydrogen-bond donors (Lipinski definition) is 1. The van der Waals surface area contributed by atoms with Gasteiger partial charge in [0, 0.05) is 0 Å². The van der Waals surface area contributed by atoms with E-state index >= 15 is 0 Å². The Hall–Kier alpha value is -0.580. The second-order valence-electron chi connectivity index (χ2n) is 6.53. The highest BCUT2D eigenvalue weighted by molar-refractivity contribution is 7.92. The van der Waals surface area contributed by atoms with Gasteiger partial charge in [0.15, 0.2) is 9.84 Å². The molecule has 0 radical (unpaired) electrons. The molecule has 0 spiro atoms. The molecule has 2 N–H and O–H groups in total. The van der Waals surface area contributed by atoms with E-state index in [0.717, 1.165) is 51.4 Å². The quantitative estimate of drug-likeness (QED) is 0.847. The maximum atomic E-state index is 12.6. The molecule has 116 valence electrons. The maximum Gasteiger partial charge on any atom is 0.232 e. The number of sulfone groups is 1. The summed E-state index contributed by atoms with van der Waals surface area (Å²) in [6.45, 7) is 0. The largest absolute Gasteiger partial charge is 0.369 e. The second-order valence-corrected chi connectivity index (χ2v) is 8.69. The average Bonchev–Trinajstić information content (AvgIpc) is 2.39. The van der Waals surface area contributed by atoms with Crippen molar-refractivity contribution < 1.29 is 13.2 Å². The highest BCUT2D eigenvalue weighted by Crippen LogP contribution is 2.39. The lowest BCUT2D eigenvalue weighted by Gasteiger charge is -2.37. The molecule has 2 aliphatic rings. The Kier molecular flexibility index (Phi) is 5.47. The van der Waals surface area contributed by atoms with Crippen LogP contribution in [-0.4, -0.2) is 25.3 Å². The SMILES string of the molecule is NC(=O)CS(=O)(=O)C(C1CCCCC1)C1CCCCC1. The van der Waals surface area contributed by atoms with Crippen molar-refractivity contribution >= 4 is 15.7 Å². The van der Waals surface area contributed by atoms with Gasteiger partial charge in [-0.05, 0) is 37.5 Å². The molecule has 0 aromatic rings. The van der Waals surface area contributed by atoms with Crippen LogP contribution in [0.1, 0.15) is 64.2 Å². The number of carbonyl (C=O) groups excluding carboxylic acids is 1. The van der Waals surface area contributed by atoms with Gasteiger partial charge in [-0.25, -0.2) is 8.42 Å². The first-order valence-electron chi connectivity index (χ1n) is 8.00. The smallest absolute Gasteiger partial charge is 0.232 e. The maximum absolute atomic E-state index is 12.6. The van der Waals surface area contributed by atoms with Crippen LogP contribution in [0, 0.1) is 11.8 Å². The van der Waals surface area contributed by atoms with Crippen molar-refractivity contribution in [2.24, 2.45) is 17.6 Å². The van der Waals surface area contributed by atoms with Crippen molar-refractivity contribution in [1.82, 2.24) is 0 Å². The van der Waals surface area contributed by atoms with Gasteiger partial charge in [-0.3, -0.25) is 4.79 Å². The number of primary amides is 1. The van der Waals surface area contributed by atoms with Crippen LogP contribution in [0.2, 0.25) is 0 Å². The molecule has 2 saturated carbocycles. The Labute approximate surface area is 122 Å². The Morgan fingerprint density at radius 1 is 0.900 bits per heavy atom. The standard InChI is InChI=1S/C15H27NO3S/c16-14(17)11-20(18,19)15(12-7-3-1-4-8-12)13-9-5-2-6-10-13/h12-13,15H,1-11H2,(H2,16,17). The molecule has 2 aliphatic carbocycles. The third-order valence-corrected chi connectivity index (χ3v) is 7.27. The van der Waals surface area contributed by atoms with Gasteiger partial charge in [0.05, 0.1) is 5.25 Å². The predicted octanol–water partition coefficient (Wildman–Crippen LogP) is 2.42. The normalized spacial score (nSPS) is 23.1. The molecule has 0 aromatic heterocycles. The topological polar surface area (TPSA) is 77.2 Å². The molecule has 0 bridgehead atoms. The van der Waals surface area contributed by atoms with Gasteiger partial charge in [0.25, 0.3) is 0 Å². The van der Waals surface area contributed by atoms with E-state index < -0.39 is 21.5 Å². The highest BCUT2D eigenvalue weighted by atomic mass is 32.2. The van der Waals surface area contributed by atoms with E-state index in [-0.39, 0.29) is 17.1 Å². The third kappa shape index (κ3) is 3.96.